The van der Waals surface area contributed by atoms with Crippen LogP contribution in [0.25, 0.3) is 11.0 Å². The summed E-state index contributed by atoms with van der Waals surface area (Å²) in [5.74, 6) is 0.127. The fourth-order valence-corrected chi connectivity index (χ4v) is 3.61. The van der Waals surface area contributed by atoms with Gasteiger partial charge in [-0.15, -0.1) is 0 Å². The van der Waals surface area contributed by atoms with Crippen LogP contribution < -0.4 is 5.32 Å². The number of benzene rings is 1. The first-order valence-electron chi connectivity index (χ1n) is 9.55. The van der Waals surface area contributed by atoms with Gasteiger partial charge in [-0.2, -0.15) is 0 Å². The van der Waals surface area contributed by atoms with Gasteiger partial charge in [-0.25, -0.2) is 4.98 Å². The number of rotatable bonds is 7. The van der Waals surface area contributed by atoms with E-state index in [0.29, 0.717) is 32.5 Å². The van der Waals surface area contributed by atoms with E-state index >= 15 is 0 Å². The van der Waals surface area contributed by atoms with Gasteiger partial charge in [0.2, 0.25) is 11.8 Å². The molecule has 1 aliphatic heterocycles. The molecule has 3 aromatic rings. The molecule has 0 aliphatic carbocycles. The highest BCUT2D eigenvalue weighted by Gasteiger charge is 2.25. The van der Waals surface area contributed by atoms with Crippen LogP contribution in [-0.4, -0.2) is 43.8 Å². The number of hydrogen-bond acceptors (Lipinski definition) is 4. The molecule has 144 valence electrons. The second kappa shape index (κ2) is 8.21. The van der Waals surface area contributed by atoms with Crippen LogP contribution in [0.4, 0.5) is 0 Å². The first-order valence-corrected chi connectivity index (χ1v) is 9.55. The Labute approximate surface area is 163 Å². The molecule has 1 atom stereocenters. The monoisotopic (exact) mass is 377 g/mol. The molecule has 0 unspecified atom stereocenters. The molecule has 7 heteroatoms. The van der Waals surface area contributed by atoms with Crippen LogP contribution >= 0.6 is 0 Å². The summed E-state index contributed by atoms with van der Waals surface area (Å²) in [4.78, 5) is 34.8. The van der Waals surface area contributed by atoms with Gasteiger partial charge in [0.15, 0.2) is 0 Å². The average molecular weight is 377 g/mol. The quantitative estimate of drug-likeness (QED) is 0.684. The van der Waals surface area contributed by atoms with Gasteiger partial charge in [0.05, 0.1) is 17.4 Å². The topological polar surface area (TPSA) is 80.1 Å². The Bertz CT molecular complexity index is 969. The van der Waals surface area contributed by atoms with Crippen molar-refractivity contribution in [3.63, 3.8) is 0 Å². The van der Waals surface area contributed by atoms with E-state index in [1.54, 1.807) is 18.7 Å². The van der Waals surface area contributed by atoms with Crippen molar-refractivity contribution in [3.05, 3.63) is 60.7 Å². The molecule has 1 N–H and O–H groups in total. The Hall–Kier alpha value is -3.22. The molecule has 1 aromatic carbocycles. The van der Waals surface area contributed by atoms with Crippen LogP contribution in [0.3, 0.4) is 0 Å². The predicted molar refractivity (Wildman–Crippen MR) is 105 cm³/mol. The van der Waals surface area contributed by atoms with Crippen molar-refractivity contribution in [1.29, 1.82) is 0 Å². The Morgan fingerprint density at radius 2 is 2.04 bits per heavy atom. The van der Waals surface area contributed by atoms with Crippen LogP contribution in [0.2, 0.25) is 0 Å². The number of carbonyl (C=O) groups is 2. The maximum atomic E-state index is 13.0. The number of pyridine rings is 1. The number of fused-ring (bicyclic) bond motifs is 1. The molecule has 0 saturated carbocycles. The van der Waals surface area contributed by atoms with Crippen molar-refractivity contribution >= 4 is 22.8 Å². The second-order valence-electron chi connectivity index (χ2n) is 7.11. The fraction of sp³-hybridized carbons (Fsp3) is 0.333. The molecule has 1 saturated heterocycles. The summed E-state index contributed by atoms with van der Waals surface area (Å²) in [7, 11) is 0. The van der Waals surface area contributed by atoms with E-state index in [1.165, 1.54) is 0 Å². The molecular formula is C21H23N5O2. The van der Waals surface area contributed by atoms with Gasteiger partial charge in [-0.05, 0) is 36.2 Å². The lowest BCUT2D eigenvalue weighted by molar-refractivity contribution is -0.132. The minimum absolute atomic E-state index is 0.0207. The van der Waals surface area contributed by atoms with Crippen molar-refractivity contribution in [3.8, 4) is 0 Å². The summed E-state index contributed by atoms with van der Waals surface area (Å²) in [6, 6.07) is 11.8. The lowest BCUT2D eigenvalue weighted by atomic mass is 10.1. The first kappa shape index (κ1) is 18.2. The van der Waals surface area contributed by atoms with Crippen LogP contribution in [0.1, 0.15) is 24.8 Å². The zero-order valence-electron chi connectivity index (χ0n) is 15.6. The van der Waals surface area contributed by atoms with E-state index in [0.717, 1.165) is 23.0 Å². The summed E-state index contributed by atoms with van der Waals surface area (Å²) in [6.45, 7) is 1.61. The molecule has 7 nitrogen and oxygen atoms in total. The summed E-state index contributed by atoms with van der Waals surface area (Å²) in [6.07, 6.45) is 6.92. The molecule has 0 radical (unpaired) electrons. The smallest absolute Gasteiger partial charge is 0.224 e. The van der Waals surface area contributed by atoms with E-state index in [2.05, 4.69) is 15.3 Å². The Morgan fingerprint density at radius 3 is 2.82 bits per heavy atom. The van der Waals surface area contributed by atoms with Gasteiger partial charge in [-0.3, -0.25) is 14.6 Å². The van der Waals surface area contributed by atoms with E-state index in [9.17, 15) is 9.59 Å². The van der Waals surface area contributed by atoms with Crippen molar-refractivity contribution in [2.45, 2.75) is 38.4 Å². The van der Waals surface area contributed by atoms with Crippen molar-refractivity contribution in [2.75, 3.05) is 6.54 Å². The van der Waals surface area contributed by atoms with Crippen LogP contribution in [-0.2, 0) is 22.7 Å². The molecule has 28 heavy (non-hydrogen) atoms. The number of imidazole rings is 1. The maximum absolute atomic E-state index is 13.0. The number of carbonyl (C=O) groups excluding carboxylic acids is 2. The Balaban J connectivity index is 1.44. The number of nitrogens with one attached hydrogen (secondary N) is 1. The first-order chi connectivity index (χ1) is 13.7. The number of para-hydroxylation sites is 2. The van der Waals surface area contributed by atoms with Gasteiger partial charge in [0.1, 0.15) is 0 Å². The van der Waals surface area contributed by atoms with Gasteiger partial charge in [-0.1, -0.05) is 12.1 Å². The zero-order chi connectivity index (χ0) is 19.3. The number of amides is 2. The van der Waals surface area contributed by atoms with E-state index in [-0.39, 0.29) is 17.9 Å². The van der Waals surface area contributed by atoms with Crippen molar-refractivity contribution in [2.24, 2.45) is 0 Å². The summed E-state index contributed by atoms with van der Waals surface area (Å²) in [5, 5.41) is 2.96. The third-order valence-corrected chi connectivity index (χ3v) is 5.10. The molecule has 0 bridgehead atoms. The van der Waals surface area contributed by atoms with E-state index in [4.69, 9.17) is 0 Å². The third-order valence-electron chi connectivity index (χ3n) is 5.10. The molecule has 0 spiro atoms. The average Bonchev–Trinajstić information content (AvgIpc) is 3.32. The molecule has 1 aliphatic rings. The number of aryl methyl sites for hydroxylation is 1. The second-order valence-corrected chi connectivity index (χ2v) is 7.11. The Morgan fingerprint density at radius 1 is 1.21 bits per heavy atom. The maximum Gasteiger partial charge on any atom is 0.224 e. The third kappa shape index (κ3) is 4.19. The van der Waals surface area contributed by atoms with Gasteiger partial charge in [0, 0.05) is 50.9 Å². The standard InChI is InChI=1S/C21H23N5O2/c27-20-6-5-17(24-20)14-26(13-16-7-10-22-11-8-16)21(28)9-12-25-15-23-18-3-1-2-4-19(18)25/h1-4,7-8,10-11,15,17H,5-6,9,12-14H2,(H,24,27)/t17-/m0/s1. The fourth-order valence-electron chi connectivity index (χ4n) is 3.61. The number of nitrogens with zero attached hydrogens (tertiary/aromatic N) is 4. The highest BCUT2D eigenvalue weighted by Crippen LogP contribution is 2.15. The van der Waals surface area contributed by atoms with Crippen LogP contribution in [0, 0.1) is 0 Å². The SMILES string of the molecule is O=C1CC[C@@H](CN(Cc2ccncc2)C(=O)CCn2cnc3ccccc32)N1. The normalized spacial score (nSPS) is 16.3. The molecule has 2 aromatic heterocycles. The van der Waals surface area contributed by atoms with Crippen molar-refractivity contribution in [1.82, 2.24) is 24.8 Å². The molecular weight excluding hydrogens is 354 g/mol. The minimum Gasteiger partial charge on any atom is -0.352 e. The number of hydrogen-bond donors (Lipinski definition) is 1. The van der Waals surface area contributed by atoms with Gasteiger partial charge >= 0.3 is 0 Å². The molecule has 3 heterocycles. The van der Waals surface area contributed by atoms with E-state index < -0.39 is 0 Å². The predicted octanol–water partition coefficient (Wildman–Crippen LogP) is 2.13. The highest BCUT2D eigenvalue weighted by molar-refractivity contribution is 5.79. The molecule has 1 fully saturated rings. The zero-order valence-corrected chi connectivity index (χ0v) is 15.6. The largest absolute Gasteiger partial charge is 0.352 e. The van der Waals surface area contributed by atoms with Crippen LogP contribution in [0.15, 0.2) is 55.1 Å². The van der Waals surface area contributed by atoms with Gasteiger partial charge < -0.3 is 14.8 Å². The minimum atomic E-state index is 0.0207. The van der Waals surface area contributed by atoms with Crippen LogP contribution in [0.5, 0.6) is 0 Å². The van der Waals surface area contributed by atoms with Gasteiger partial charge in [0.25, 0.3) is 0 Å². The summed E-state index contributed by atoms with van der Waals surface area (Å²) < 4.78 is 2.01. The lowest BCUT2D eigenvalue weighted by Gasteiger charge is -2.26. The molecule has 2 amide bonds. The Kier molecular flexibility index (Phi) is 5.32. The number of aromatic nitrogens is 3. The van der Waals surface area contributed by atoms with Crippen molar-refractivity contribution < 1.29 is 9.59 Å². The summed E-state index contributed by atoms with van der Waals surface area (Å²) >= 11 is 0. The lowest BCUT2D eigenvalue weighted by Crippen LogP contribution is -2.41. The molecule has 4 rings (SSSR count). The summed E-state index contributed by atoms with van der Waals surface area (Å²) in [5.41, 5.74) is 2.98. The highest BCUT2D eigenvalue weighted by atomic mass is 16.2. The van der Waals surface area contributed by atoms with E-state index in [1.807, 2.05) is 45.9 Å².